The monoisotopic (exact) mass is 465 g/mol. The Morgan fingerprint density at radius 1 is 1.14 bits per heavy atom. The number of aromatic nitrogens is 4. The maximum Gasteiger partial charge on any atom is 0.228 e. The van der Waals surface area contributed by atoms with Crippen molar-refractivity contribution in [3.05, 3.63) is 77.2 Å². The quantitative estimate of drug-likeness (QED) is 0.392. The van der Waals surface area contributed by atoms with Crippen LogP contribution in [-0.4, -0.2) is 33.3 Å². The number of nitriles is 1. The summed E-state index contributed by atoms with van der Waals surface area (Å²) in [5.74, 6) is 2.40. The van der Waals surface area contributed by atoms with Crippen LogP contribution in [-0.2, 0) is 6.42 Å². The molecule has 35 heavy (non-hydrogen) atoms. The smallest absolute Gasteiger partial charge is 0.228 e. The van der Waals surface area contributed by atoms with Gasteiger partial charge in [0.2, 0.25) is 5.95 Å². The fraction of sp³-hybridized carbons (Fsp3) is 0.259. The first-order valence-electron chi connectivity index (χ1n) is 11.9. The molecule has 1 fully saturated rings. The number of halogens is 1. The molecule has 0 unspecified atom stereocenters. The molecule has 2 aliphatic rings. The van der Waals surface area contributed by atoms with Gasteiger partial charge in [-0.25, -0.2) is 9.37 Å². The van der Waals surface area contributed by atoms with Crippen LogP contribution < -0.4 is 10.2 Å². The number of rotatable bonds is 6. The molecule has 0 atom stereocenters. The van der Waals surface area contributed by atoms with E-state index in [0.29, 0.717) is 24.0 Å². The van der Waals surface area contributed by atoms with Crippen LogP contribution in [0.25, 0.3) is 16.5 Å². The van der Waals surface area contributed by atoms with Crippen molar-refractivity contribution in [2.45, 2.75) is 31.6 Å². The third kappa shape index (κ3) is 4.33. The van der Waals surface area contributed by atoms with Gasteiger partial charge in [0, 0.05) is 41.7 Å². The van der Waals surface area contributed by atoms with Gasteiger partial charge in [-0.3, -0.25) is 5.10 Å². The molecule has 2 N–H and O–H groups in total. The van der Waals surface area contributed by atoms with Crippen molar-refractivity contribution >= 4 is 34.1 Å². The Hall–Kier alpha value is -4.25. The number of nitrogens with zero attached hydrogens (tertiary/aromatic N) is 5. The summed E-state index contributed by atoms with van der Waals surface area (Å²) < 4.78 is 14.3. The second-order valence-electron chi connectivity index (χ2n) is 9.06. The van der Waals surface area contributed by atoms with E-state index in [4.69, 9.17) is 15.2 Å². The fourth-order valence-electron chi connectivity index (χ4n) is 4.52. The lowest BCUT2D eigenvalue weighted by atomic mass is 9.97. The summed E-state index contributed by atoms with van der Waals surface area (Å²) in [6.45, 7) is 1.35. The molecule has 8 heteroatoms. The zero-order chi connectivity index (χ0) is 23.8. The lowest BCUT2D eigenvalue weighted by molar-refractivity contribution is 0.614. The van der Waals surface area contributed by atoms with E-state index >= 15 is 0 Å². The molecule has 0 bridgehead atoms. The van der Waals surface area contributed by atoms with Gasteiger partial charge in [-0.15, -0.1) is 0 Å². The molecule has 0 spiro atoms. The zero-order valence-corrected chi connectivity index (χ0v) is 19.1. The third-order valence-electron chi connectivity index (χ3n) is 6.64. The minimum atomic E-state index is -0.329. The van der Waals surface area contributed by atoms with Gasteiger partial charge in [0.1, 0.15) is 11.6 Å². The topological polar surface area (TPSA) is 93.5 Å². The normalized spacial score (nSPS) is 15.7. The standard InChI is InChI=1S/C27H24FN7/c28-22-15-20(8-5-18(22)9-12-29)17-10-13-35(14-11-17)27-30-23-4-2-1-3-21(23)26(32-27)31-25-16-24(33-34-25)19-6-7-19/h1-5,8,10,15-16,19H,6-7,9,11,13-14H2,(H2,30,31,32,33,34). The molecule has 7 nitrogen and oxygen atoms in total. The first-order chi connectivity index (χ1) is 17.2. The summed E-state index contributed by atoms with van der Waals surface area (Å²) in [7, 11) is 0. The van der Waals surface area contributed by atoms with Gasteiger partial charge in [0.05, 0.1) is 18.0 Å². The Morgan fingerprint density at radius 2 is 2.03 bits per heavy atom. The Balaban J connectivity index is 1.26. The summed E-state index contributed by atoms with van der Waals surface area (Å²) in [5, 5.41) is 20.7. The van der Waals surface area contributed by atoms with Crippen LogP contribution in [0.1, 0.15) is 42.0 Å². The number of hydrogen-bond acceptors (Lipinski definition) is 6. The minimum absolute atomic E-state index is 0.0782. The molecule has 2 aromatic carbocycles. The Labute approximate surface area is 202 Å². The SMILES string of the molecule is N#CCc1ccc(C2=CCN(c3nc(Nc4cc(C5CC5)[nH]n4)c4ccccc4n3)CC2)cc1F. The molecular weight excluding hydrogens is 441 g/mol. The van der Waals surface area contributed by atoms with Crippen LogP contribution in [0.15, 0.2) is 54.6 Å². The molecule has 1 aliphatic carbocycles. The van der Waals surface area contributed by atoms with Crippen molar-refractivity contribution in [3.63, 3.8) is 0 Å². The van der Waals surface area contributed by atoms with Crippen molar-refractivity contribution in [1.29, 1.82) is 5.26 Å². The summed E-state index contributed by atoms with van der Waals surface area (Å²) >= 11 is 0. The molecule has 2 aromatic heterocycles. The second kappa shape index (κ2) is 8.84. The number of fused-ring (bicyclic) bond motifs is 1. The Morgan fingerprint density at radius 3 is 2.80 bits per heavy atom. The molecular formula is C27H24FN7. The fourth-order valence-corrected chi connectivity index (χ4v) is 4.52. The van der Waals surface area contributed by atoms with E-state index in [1.807, 2.05) is 36.4 Å². The molecule has 0 amide bonds. The lowest BCUT2D eigenvalue weighted by Crippen LogP contribution is -2.30. The third-order valence-corrected chi connectivity index (χ3v) is 6.64. The minimum Gasteiger partial charge on any atom is -0.337 e. The number of H-pyrrole nitrogens is 1. The van der Waals surface area contributed by atoms with Crippen LogP contribution >= 0.6 is 0 Å². The van der Waals surface area contributed by atoms with Gasteiger partial charge in [0.15, 0.2) is 5.82 Å². The van der Waals surface area contributed by atoms with Crippen molar-refractivity contribution in [1.82, 2.24) is 20.2 Å². The predicted molar refractivity (Wildman–Crippen MR) is 134 cm³/mol. The number of nitrogens with one attached hydrogen (secondary N) is 2. The molecule has 4 aromatic rings. The van der Waals surface area contributed by atoms with Crippen molar-refractivity contribution < 1.29 is 4.39 Å². The molecule has 174 valence electrons. The summed E-state index contributed by atoms with van der Waals surface area (Å²) in [6.07, 6.45) is 5.35. The van der Waals surface area contributed by atoms with Crippen LogP contribution in [0, 0.1) is 17.1 Å². The van der Waals surface area contributed by atoms with E-state index in [0.717, 1.165) is 52.3 Å². The van der Waals surface area contributed by atoms with E-state index < -0.39 is 0 Å². The van der Waals surface area contributed by atoms with Gasteiger partial charge in [-0.05, 0) is 48.6 Å². The molecule has 1 aliphatic heterocycles. The van der Waals surface area contributed by atoms with E-state index in [-0.39, 0.29) is 12.2 Å². The van der Waals surface area contributed by atoms with E-state index in [1.54, 1.807) is 6.07 Å². The highest BCUT2D eigenvalue weighted by molar-refractivity contribution is 5.91. The van der Waals surface area contributed by atoms with Crippen molar-refractivity contribution in [2.75, 3.05) is 23.3 Å². The molecule has 0 radical (unpaired) electrons. The predicted octanol–water partition coefficient (Wildman–Crippen LogP) is 5.47. The first kappa shape index (κ1) is 21.3. The van der Waals surface area contributed by atoms with Gasteiger partial charge in [-0.2, -0.15) is 15.3 Å². The average Bonchev–Trinajstić information content (AvgIpc) is 3.64. The highest BCUT2D eigenvalue weighted by Crippen LogP contribution is 2.40. The lowest BCUT2D eigenvalue weighted by Gasteiger charge is -2.27. The van der Waals surface area contributed by atoms with Gasteiger partial charge in [-0.1, -0.05) is 30.3 Å². The van der Waals surface area contributed by atoms with Crippen LogP contribution in [0.2, 0.25) is 0 Å². The Bertz CT molecular complexity index is 1480. The second-order valence-corrected chi connectivity index (χ2v) is 9.06. The van der Waals surface area contributed by atoms with Crippen molar-refractivity contribution in [3.8, 4) is 6.07 Å². The summed E-state index contributed by atoms with van der Waals surface area (Å²) in [6, 6.07) is 17.1. The number of para-hydroxylation sites is 1. The maximum atomic E-state index is 14.3. The maximum absolute atomic E-state index is 14.3. The molecule has 1 saturated carbocycles. The molecule has 6 rings (SSSR count). The zero-order valence-electron chi connectivity index (χ0n) is 19.1. The van der Waals surface area contributed by atoms with Gasteiger partial charge < -0.3 is 10.2 Å². The molecule has 0 saturated heterocycles. The van der Waals surface area contributed by atoms with E-state index in [1.165, 1.54) is 18.9 Å². The van der Waals surface area contributed by atoms with Gasteiger partial charge in [0.25, 0.3) is 0 Å². The molecule has 3 heterocycles. The number of aromatic amines is 1. The van der Waals surface area contributed by atoms with E-state index in [9.17, 15) is 4.39 Å². The Kier molecular flexibility index (Phi) is 5.38. The summed E-state index contributed by atoms with van der Waals surface area (Å²) in [5.41, 5.74) is 4.40. The van der Waals surface area contributed by atoms with E-state index in [2.05, 4.69) is 32.6 Å². The largest absolute Gasteiger partial charge is 0.337 e. The highest BCUT2D eigenvalue weighted by Gasteiger charge is 2.26. The highest BCUT2D eigenvalue weighted by atomic mass is 19.1. The summed E-state index contributed by atoms with van der Waals surface area (Å²) in [4.78, 5) is 11.8. The number of benzene rings is 2. The van der Waals surface area contributed by atoms with Crippen molar-refractivity contribution in [2.24, 2.45) is 0 Å². The van der Waals surface area contributed by atoms with Crippen LogP contribution in [0.4, 0.5) is 22.0 Å². The van der Waals surface area contributed by atoms with Crippen LogP contribution in [0.5, 0.6) is 0 Å². The van der Waals surface area contributed by atoms with Crippen LogP contribution in [0.3, 0.4) is 0 Å². The van der Waals surface area contributed by atoms with Gasteiger partial charge >= 0.3 is 0 Å². The average molecular weight is 466 g/mol. The number of hydrogen-bond donors (Lipinski definition) is 2. The number of anilines is 3. The first-order valence-corrected chi connectivity index (χ1v) is 11.9.